The van der Waals surface area contributed by atoms with E-state index in [9.17, 15) is 20.1 Å². The van der Waals surface area contributed by atoms with Crippen molar-refractivity contribution in [3.05, 3.63) is 12.7 Å². The number of aromatic nitrogens is 4. The minimum atomic E-state index is -1.13. The Labute approximate surface area is 155 Å². The van der Waals surface area contributed by atoms with Crippen LogP contribution in [0.1, 0.15) is 18.9 Å². The molecular weight excluding hydrogens is 407 g/mol. The fraction of sp³-hybridized carbons (Fsp3) is 0.600. The SMILES string of the molecule is Nc1ncnc2c1ncn2[C@@H]1C[C@H](C[Se]CC[C@H]([NH3+])C(=O)[O-])[C@@H](O)[C@H]1O. The molecule has 0 bridgehead atoms. The summed E-state index contributed by atoms with van der Waals surface area (Å²) in [6.45, 7) is 0. The van der Waals surface area contributed by atoms with E-state index in [0.717, 1.165) is 10.6 Å². The number of carbonyl (C=O) groups is 1. The van der Waals surface area contributed by atoms with Gasteiger partial charge in [-0.2, -0.15) is 0 Å². The number of nitrogens with two attached hydrogens (primary N) is 1. The van der Waals surface area contributed by atoms with Crippen LogP contribution in [0.4, 0.5) is 5.82 Å². The molecule has 0 unspecified atom stereocenters. The van der Waals surface area contributed by atoms with E-state index in [4.69, 9.17) is 5.73 Å². The topological polar surface area (TPSA) is 178 Å². The number of hydrogen-bond donors (Lipinski definition) is 4. The number of quaternary nitrogens is 1. The number of imidazole rings is 1. The maximum atomic E-state index is 10.7. The summed E-state index contributed by atoms with van der Waals surface area (Å²) in [5.74, 6) is -0.916. The fourth-order valence-corrected chi connectivity index (χ4v) is 5.86. The maximum absolute atomic E-state index is 10.7. The van der Waals surface area contributed by atoms with Gasteiger partial charge in [0.05, 0.1) is 0 Å². The monoisotopic (exact) mass is 430 g/mol. The predicted molar refractivity (Wildman–Crippen MR) is 90.6 cm³/mol. The van der Waals surface area contributed by atoms with Crippen LogP contribution in [0.3, 0.4) is 0 Å². The zero-order valence-corrected chi connectivity index (χ0v) is 15.8. The molecule has 11 heteroatoms. The van der Waals surface area contributed by atoms with Gasteiger partial charge in [-0.05, 0) is 0 Å². The Morgan fingerprint density at radius 3 is 2.92 bits per heavy atom. The number of carbonyl (C=O) groups excluding carboxylic acids is 1. The van der Waals surface area contributed by atoms with Gasteiger partial charge in [0.15, 0.2) is 0 Å². The van der Waals surface area contributed by atoms with Crippen molar-refractivity contribution in [2.75, 3.05) is 5.73 Å². The summed E-state index contributed by atoms with van der Waals surface area (Å²) in [4.78, 5) is 23.0. The Bertz CT molecular complexity index is 787. The van der Waals surface area contributed by atoms with Gasteiger partial charge in [0.2, 0.25) is 0 Å². The molecule has 1 aliphatic rings. The molecule has 1 aliphatic carbocycles. The number of rotatable bonds is 7. The third-order valence-corrected chi connectivity index (χ3v) is 7.28. The zero-order chi connectivity index (χ0) is 18.8. The number of nitrogen functional groups attached to an aromatic ring is 1. The van der Waals surface area contributed by atoms with Gasteiger partial charge in [0.25, 0.3) is 0 Å². The van der Waals surface area contributed by atoms with E-state index in [-0.39, 0.29) is 32.7 Å². The molecule has 2 aromatic rings. The van der Waals surface area contributed by atoms with Gasteiger partial charge < -0.3 is 0 Å². The first-order valence-electron chi connectivity index (χ1n) is 8.31. The number of aliphatic hydroxyl groups is 2. The Hall–Kier alpha value is -1.78. The van der Waals surface area contributed by atoms with Crippen LogP contribution in [0.25, 0.3) is 11.2 Å². The van der Waals surface area contributed by atoms with Crippen molar-refractivity contribution in [3.8, 4) is 0 Å². The number of carboxylic acids is 1. The Morgan fingerprint density at radius 2 is 2.19 bits per heavy atom. The molecule has 0 saturated heterocycles. The molecule has 2 heterocycles. The fourth-order valence-electron chi connectivity index (χ4n) is 3.23. The second-order valence-corrected chi connectivity index (χ2v) is 8.92. The van der Waals surface area contributed by atoms with Crippen molar-refractivity contribution < 1.29 is 25.8 Å². The molecule has 2 aromatic heterocycles. The summed E-state index contributed by atoms with van der Waals surface area (Å²) in [6, 6.07) is -1.04. The molecule has 0 aliphatic heterocycles. The van der Waals surface area contributed by atoms with Crippen molar-refractivity contribution in [3.63, 3.8) is 0 Å². The van der Waals surface area contributed by atoms with Crippen LogP contribution in [0, 0.1) is 5.92 Å². The van der Waals surface area contributed by atoms with Crippen molar-refractivity contribution in [1.29, 1.82) is 0 Å². The van der Waals surface area contributed by atoms with E-state index in [1.807, 2.05) is 0 Å². The van der Waals surface area contributed by atoms with Crippen LogP contribution in [-0.4, -0.2) is 68.9 Å². The summed E-state index contributed by atoms with van der Waals surface area (Å²) < 4.78 is 1.75. The van der Waals surface area contributed by atoms with E-state index >= 15 is 0 Å². The van der Waals surface area contributed by atoms with E-state index in [1.54, 1.807) is 10.9 Å². The van der Waals surface area contributed by atoms with Crippen LogP contribution >= 0.6 is 0 Å². The second kappa shape index (κ2) is 7.85. The summed E-state index contributed by atoms with van der Waals surface area (Å²) in [7, 11) is 0. The minimum absolute atomic E-state index is 0.0575. The Kier molecular flexibility index (Phi) is 5.73. The van der Waals surface area contributed by atoms with Crippen LogP contribution in [0.15, 0.2) is 12.7 Å². The molecule has 0 aromatic carbocycles. The molecule has 0 spiro atoms. The zero-order valence-electron chi connectivity index (χ0n) is 14.1. The third-order valence-electron chi connectivity index (χ3n) is 4.79. The van der Waals surface area contributed by atoms with Crippen molar-refractivity contribution in [2.24, 2.45) is 5.92 Å². The van der Waals surface area contributed by atoms with E-state index < -0.39 is 24.2 Å². The number of carboxylic acid groups (broad SMARTS) is 1. The van der Waals surface area contributed by atoms with Gasteiger partial charge in [-0.25, -0.2) is 0 Å². The van der Waals surface area contributed by atoms with Crippen molar-refractivity contribution in [2.45, 2.75) is 47.8 Å². The third kappa shape index (κ3) is 3.67. The van der Waals surface area contributed by atoms with Crippen molar-refractivity contribution >= 4 is 37.9 Å². The number of anilines is 1. The molecule has 26 heavy (non-hydrogen) atoms. The van der Waals surface area contributed by atoms with Crippen LogP contribution in [0.2, 0.25) is 10.6 Å². The van der Waals surface area contributed by atoms with E-state index in [0.29, 0.717) is 24.0 Å². The first-order chi connectivity index (χ1) is 12.4. The molecule has 3 rings (SSSR count). The average Bonchev–Trinajstić information content (AvgIpc) is 3.15. The van der Waals surface area contributed by atoms with Gasteiger partial charge in [0, 0.05) is 0 Å². The van der Waals surface area contributed by atoms with Crippen molar-refractivity contribution in [1.82, 2.24) is 19.5 Å². The summed E-state index contributed by atoms with van der Waals surface area (Å²) in [5, 5.41) is 33.1. The number of aliphatic carboxylic acids is 1. The Morgan fingerprint density at radius 1 is 1.42 bits per heavy atom. The van der Waals surface area contributed by atoms with Gasteiger partial charge >= 0.3 is 155 Å². The number of nitrogens with zero attached hydrogens (tertiary/aromatic N) is 4. The van der Waals surface area contributed by atoms with Crippen LogP contribution < -0.4 is 16.6 Å². The number of aliphatic hydroxyl groups excluding tert-OH is 2. The van der Waals surface area contributed by atoms with E-state index in [1.165, 1.54) is 6.33 Å². The first-order valence-corrected chi connectivity index (χ1v) is 10.7. The first kappa shape index (κ1) is 19.0. The summed E-state index contributed by atoms with van der Waals surface area (Å²) >= 11 is 0.162. The molecule has 142 valence electrons. The van der Waals surface area contributed by atoms with Gasteiger partial charge in [-0.15, -0.1) is 0 Å². The number of fused-ring (bicyclic) bond motifs is 1. The normalized spacial score (nSPS) is 27.0. The number of hydrogen-bond acceptors (Lipinski definition) is 8. The molecular formula is C15H22N6O4Se. The molecule has 7 N–H and O–H groups in total. The summed E-state index contributed by atoms with van der Waals surface area (Å²) in [5.41, 5.74) is 10.4. The summed E-state index contributed by atoms with van der Waals surface area (Å²) in [6.07, 6.45) is 2.22. The molecule has 0 radical (unpaired) electrons. The second-order valence-electron chi connectivity index (χ2n) is 6.51. The average molecular weight is 429 g/mol. The van der Waals surface area contributed by atoms with Crippen LogP contribution in [-0.2, 0) is 4.79 Å². The Balaban J connectivity index is 1.64. The molecule has 0 amide bonds. The predicted octanol–water partition coefficient (Wildman–Crippen LogP) is -3.02. The standard InChI is InChI=1S/C15H22N6O4Se/c16-8(15(24)25)1-2-26-4-7-3-9(12(23)11(7)22)21-6-20-10-13(17)18-5-19-14(10)21/h5-9,11-12,22-23H,1-4,16H2,(H,24,25)(H2,17,18,19)/t7-,8+,9-,11-,12+/m1/s1. The van der Waals surface area contributed by atoms with Gasteiger partial charge in [-0.3, -0.25) is 0 Å². The van der Waals surface area contributed by atoms with Gasteiger partial charge in [-0.1, -0.05) is 0 Å². The van der Waals surface area contributed by atoms with Gasteiger partial charge in [0.1, 0.15) is 0 Å². The molecule has 1 fully saturated rings. The quantitative estimate of drug-likeness (QED) is 0.265. The molecule has 10 nitrogen and oxygen atoms in total. The van der Waals surface area contributed by atoms with E-state index in [2.05, 4.69) is 20.7 Å². The molecule has 5 atom stereocenters. The van der Waals surface area contributed by atoms with Crippen LogP contribution in [0.5, 0.6) is 0 Å². The molecule has 1 saturated carbocycles.